The van der Waals surface area contributed by atoms with Crippen molar-refractivity contribution in [2.75, 3.05) is 33.7 Å². The second-order valence-corrected chi connectivity index (χ2v) is 28.9. The highest BCUT2D eigenvalue weighted by Crippen LogP contribution is 2.63. The van der Waals surface area contributed by atoms with Gasteiger partial charge in [0.15, 0.2) is 17.3 Å². The number of aliphatic hydroxyl groups is 1. The van der Waals surface area contributed by atoms with Crippen molar-refractivity contribution in [2.45, 2.75) is 189 Å². The predicted molar refractivity (Wildman–Crippen MR) is 341 cm³/mol. The number of phenols is 1. The van der Waals surface area contributed by atoms with Crippen LogP contribution in [-0.2, 0) is 20.7 Å². The number of carbonyl (C=O) groups excluding carboxylic acids is 3. The number of dihydropyridines is 2. The first-order valence-corrected chi connectivity index (χ1v) is 33.4. The number of likely N-dealkylation sites (N-methyl/N-ethyl adjacent to an activating group) is 1. The molecule has 2 aromatic rings. The highest BCUT2D eigenvalue weighted by atomic mass is 16.7. The lowest BCUT2D eigenvalue weighted by atomic mass is 9.50. The van der Waals surface area contributed by atoms with Crippen molar-refractivity contribution in [3.63, 3.8) is 0 Å². The van der Waals surface area contributed by atoms with E-state index in [0.717, 1.165) is 117 Å². The van der Waals surface area contributed by atoms with E-state index in [1.807, 2.05) is 31.3 Å². The number of benzene rings is 2. The Balaban J connectivity index is 0.929. The number of hydrogen-bond donors (Lipinski definition) is 10. The summed E-state index contributed by atoms with van der Waals surface area (Å²) in [6.45, 7) is 8.66. The van der Waals surface area contributed by atoms with E-state index in [9.17, 15) is 10.2 Å². The Bertz CT molecular complexity index is 3430. The summed E-state index contributed by atoms with van der Waals surface area (Å²) >= 11 is 0. The van der Waals surface area contributed by atoms with Gasteiger partial charge < -0.3 is 62.6 Å². The summed E-state index contributed by atoms with van der Waals surface area (Å²) in [5.74, 6) is 0.0221. The molecule has 11 N–H and O–H groups in total. The van der Waals surface area contributed by atoms with E-state index in [1.54, 1.807) is 19.2 Å². The van der Waals surface area contributed by atoms with Gasteiger partial charge in [-0.25, -0.2) is 4.79 Å². The zero-order chi connectivity index (χ0) is 60.9. The molecule has 1 spiro atoms. The van der Waals surface area contributed by atoms with E-state index in [4.69, 9.17) is 15.2 Å². The average Bonchev–Trinajstić information content (AvgIpc) is 1.47. The van der Waals surface area contributed by atoms with Crippen LogP contribution in [0, 0.1) is 40.9 Å². The first kappa shape index (κ1) is 59.3. The summed E-state index contributed by atoms with van der Waals surface area (Å²) in [6.07, 6.45) is 27.3. The molecule has 11 bridgehead atoms. The molecule has 2 saturated carbocycles. The normalized spacial score (nSPS) is 39.7. The van der Waals surface area contributed by atoms with Crippen molar-refractivity contribution >= 4 is 23.5 Å². The standard InChI is InChI=1S/C72H93N9O7/c1-6-79-70-38-45-16-9-14-43-13-7-8-24-68(3)36-42-29-55(64(73)78-40-42)53(44-15-10-18-48(82)30-44)32-47-31-49(83)33-54(56(47)39-70)61(58(70)34-52(43)45)87-66(86)72-63(85)60-46(37-68)17-11-19-51(60)62(84)71(72,88-72)26-22-41(2)35-69(25-12-27-77-67(75-5)81-69)57-23-28-76-65-50(57)20-21-59(74-4)80-65/h9-11,15-19,22-23,29-30,38,40,43,47,49,52-54,56,58-59,61,64,74,76,78-80,82-83H,6-8,12-14,20-21,24-28,31-37,39,73H2,1-5H3,(H2,75,77,81)/b41-22+/t43-,47-,49+,52-,53-,54+,56+,58+,59-,61+,64?,68+,69+,70+,71+,72+/m1/s1. The summed E-state index contributed by atoms with van der Waals surface area (Å²) in [6, 6.07) is 13.2. The zero-order valence-corrected chi connectivity index (χ0v) is 52.2. The van der Waals surface area contributed by atoms with Gasteiger partial charge in [0.05, 0.1) is 24.0 Å². The zero-order valence-electron chi connectivity index (χ0n) is 52.2. The molecule has 16 heteroatoms. The minimum atomic E-state index is -2.25. The number of guanidine groups is 1. The molecule has 0 aromatic heterocycles. The fourth-order valence-corrected chi connectivity index (χ4v) is 19.5. The lowest BCUT2D eigenvalue weighted by Gasteiger charge is -2.60. The van der Waals surface area contributed by atoms with E-state index in [2.05, 4.69) is 112 Å². The van der Waals surface area contributed by atoms with Crippen LogP contribution in [0.15, 0.2) is 129 Å². The number of allylic oxidation sites excluding steroid dienone is 5. The SMILES string of the molecule is CCN[C@@]12C=C3C=CC[C@H]4CCCC[C@@]5(C)CC6=CNC(N)C(=C6)[C@@H](c6cccc(O)c6)C[C@H]6C[C@H](O)C[C@@H]([C@H]6C1)[C@H](OC(=O)[C@]16O[C@@]1(C/C=C(\C)C[C@]1(C7=CCNC8=C7CC[C@H](NC)N8)CCCNC(=NC)N1)C(=O)c1cccc(c1C6=O)C5)[C@@H]2C[C@@H]34. The molecule has 2 aromatic carbocycles. The fourth-order valence-electron chi connectivity index (χ4n) is 19.5. The number of ether oxygens (including phenoxy) is 2. The lowest BCUT2D eigenvalue weighted by molar-refractivity contribution is -0.180. The minimum Gasteiger partial charge on any atom is -0.508 e. The number of Topliss-reactive ketones (excluding diaryl/α,β-unsaturated/α-hetero) is 2. The second kappa shape index (κ2) is 22.9. The highest BCUT2D eigenvalue weighted by Gasteiger charge is 2.86. The number of ketones is 2. The van der Waals surface area contributed by atoms with Crippen LogP contribution in [0.3, 0.4) is 0 Å². The van der Waals surface area contributed by atoms with Crippen LogP contribution < -0.4 is 43.0 Å². The van der Waals surface area contributed by atoms with Gasteiger partial charge in [0.2, 0.25) is 5.78 Å². The largest absolute Gasteiger partial charge is 0.508 e. The molecular formula is C72H93N9O7. The number of hydrogen-bond acceptors (Lipinski definition) is 14. The molecule has 7 aliphatic heterocycles. The number of aliphatic imine (C=N–C) groups is 1. The quantitative estimate of drug-likeness (QED) is 0.0490. The van der Waals surface area contributed by atoms with Gasteiger partial charge in [-0.2, -0.15) is 0 Å². The number of aliphatic hydroxyl groups excluding tert-OH is 1. The van der Waals surface area contributed by atoms with Crippen molar-refractivity contribution in [3.8, 4) is 5.75 Å². The van der Waals surface area contributed by atoms with Crippen molar-refractivity contribution in [2.24, 2.45) is 51.6 Å². The summed E-state index contributed by atoms with van der Waals surface area (Å²) in [5.41, 5.74) is 10.6. The van der Waals surface area contributed by atoms with Crippen LogP contribution in [-0.4, -0.2) is 114 Å². The van der Waals surface area contributed by atoms with Crippen LogP contribution in [0.4, 0.5) is 0 Å². The molecule has 1 unspecified atom stereocenters. The molecule has 16 nitrogen and oxygen atoms in total. The van der Waals surface area contributed by atoms with Crippen LogP contribution in [0.5, 0.6) is 5.75 Å². The maximum absolute atomic E-state index is 16.7. The number of fused-ring (bicyclic) bond motifs is 3. The number of carbonyl (C=O) groups is 3. The molecular weight excluding hydrogens is 1100 g/mol. The molecule has 16 atom stereocenters. The van der Waals surface area contributed by atoms with Gasteiger partial charge in [-0.3, -0.25) is 14.6 Å². The van der Waals surface area contributed by atoms with Crippen molar-refractivity contribution in [1.29, 1.82) is 0 Å². The maximum atomic E-state index is 16.7. The van der Waals surface area contributed by atoms with E-state index in [0.29, 0.717) is 57.5 Å². The van der Waals surface area contributed by atoms with E-state index >= 15 is 14.4 Å². The Morgan fingerprint density at radius 1 is 0.977 bits per heavy atom. The Kier molecular flexibility index (Phi) is 15.4. The van der Waals surface area contributed by atoms with Gasteiger partial charge in [-0.1, -0.05) is 99.1 Å². The molecule has 0 radical (unpaired) electrons. The summed E-state index contributed by atoms with van der Waals surface area (Å²) in [7, 11) is 3.79. The van der Waals surface area contributed by atoms with Gasteiger partial charge >= 0.3 is 5.97 Å². The number of rotatable bonds is 9. The molecule has 0 amide bonds. The molecule has 14 rings (SSSR count). The number of esters is 1. The van der Waals surface area contributed by atoms with Gasteiger partial charge in [0, 0.05) is 67.2 Å². The Labute approximate surface area is 519 Å². The van der Waals surface area contributed by atoms with E-state index in [-0.39, 0.29) is 70.8 Å². The third-order valence-corrected chi connectivity index (χ3v) is 23.5. The van der Waals surface area contributed by atoms with Crippen LogP contribution in [0.1, 0.15) is 168 Å². The van der Waals surface area contributed by atoms with E-state index < -0.39 is 57.8 Å². The molecule has 2 saturated heterocycles. The fraction of sp³-hybridized carbons (Fsp3) is 0.583. The average molecular weight is 1200 g/mol. The summed E-state index contributed by atoms with van der Waals surface area (Å²) in [5, 5.41) is 49.5. The highest BCUT2D eigenvalue weighted by molar-refractivity contribution is 6.33. The van der Waals surface area contributed by atoms with Crippen LogP contribution >= 0.6 is 0 Å². The maximum Gasteiger partial charge on any atom is 0.350 e. The van der Waals surface area contributed by atoms with Crippen molar-refractivity contribution in [1.82, 2.24) is 37.2 Å². The Hall–Kier alpha value is -6.30. The Morgan fingerprint density at radius 3 is 2.67 bits per heavy atom. The summed E-state index contributed by atoms with van der Waals surface area (Å²) < 4.78 is 14.5. The number of nitrogens with zero attached hydrogens (tertiary/aromatic N) is 1. The minimum absolute atomic E-state index is 0.0122. The van der Waals surface area contributed by atoms with Gasteiger partial charge in [0.1, 0.15) is 17.7 Å². The third kappa shape index (κ3) is 9.95. The van der Waals surface area contributed by atoms with Gasteiger partial charge in [-0.05, 0) is 197 Å². The molecule has 4 fully saturated rings. The number of epoxide rings is 1. The third-order valence-electron chi connectivity index (χ3n) is 23.5. The second-order valence-electron chi connectivity index (χ2n) is 28.9. The molecule has 5 aliphatic carbocycles. The Morgan fingerprint density at radius 2 is 1.84 bits per heavy atom. The number of aromatic hydroxyl groups is 1. The van der Waals surface area contributed by atoms with Gasteiger partial charge in [-0.15, -0.1) is 0 Å². The predicted octanol–water partition coefficient (Wildman–Crippen LogP) is 8.58. The van der Waals surface area contributed by atoms with Crippen LogP contribution in [0.2, 0.25) is 0 Å². The van der Waals surface area contributed by atoms with Crippen LogP contribution in [0.25, 0.3) is 0 Å². The topological polar surface area (TPSA) is 236 Å². The lowest BCUT2D eigenvalue weighted by Crippen LogP contribution is -2.66. The molecule has 468 valence electrons. The molecule has 7 heterocycles. The number of phenolic OH excluding ortho intramolecular Hbond substituents is 1. The smallest absolute Gasteiger partial charge is 0.350 e. The molecule has 88 heavy (non-hydrogen) atoms. The number of nitrogens with two attached hydrogens (primary N) is 1. The first-order chi connectivity index (χ1) is 42.5. The number of nitrogens with one attached hydrogen (secondary N) is 7. The van der Waals surface area contributed by atoms with E-state index in [1.165, 1.54) is 16.7 Å². The molecule has 12 aliphatic rings. The van der Waals surface area contributed by atoms with Crippen molar-refractivity contribution in [3.05, 3.63) is 147 Å². The van der Waals surface area contributed by atoms with Crippen molar-refractivity contribution < 1.29 is 34.1 Å². The first-order valence-electron chi connectivity index (χ1n) is 33.4. The van der Waals surface area contributed by atoms with Gasteiger partial charge in [0.25, 0.3) is 5.60 Å². The summed E-state index contributed by atoms with van der Waals surface area (Å²) in [4.78, 5) is 54.1. The monoisotopic (exact) mass is 1200 g/mol.